The third-order valence-electron chi connectivity index (χ3n) is 6.64. The van der Waals surface area contributed by atoms with Crippen LogP contribution in [0.15, 0.2) is 36.4 Å². The van der Waals surface area contributed by atoms with Crippen molar-refractivity contribution in [2.24, 2.45) is 0 Å². The van der Waals surface area contributed by atoms with Gasteiger partial charge in [0.05, 0.1) is 24.5 Å². The number of aromatic nitrogens is 4. The van der Waals surface area contributed by atoms with E-state index in [0.29, 0.717) is 18.7 Å². The zero-order valence-corrected chi connectivity index (χ0v) is 19.7. The van der Waals surface area contributed by atoms with E-state index in [9.17, 15) is 10.2 Å². The van der Waals surface area contributed by atoms with Crippen LogP contribution >= 0.6 is 11.3 Å². The van der Waals surface area contributed by atoms with Gasteiger partial charge >= 0.3 is 0 Å². The Hall–Kier alpha value is -2.60. The zero-order valence-electron chi connectivity index (χ0n) is 18.9. The van der Waals surface area contributed by atoms with Crippen molar-refractivity contribution < 1.29 is 10.2 Å². The SMILES string of the molecule is [C-]#[N+][C@@H]1C[C@@H](O)C(c2ccc(C(O)CCCCC)s2)C1c1ccc(CCc2nn[nH]n2)cc1. The molecule has 1 aliphatic carbocycles. The smallest absolute Gasteiger partial charge is 0.233 e. The summed E-state index contributed by atoms with van der Waals surface area (Å²) in [7, 11) is 0. The lowest BCUT2D eigenvalue weighted by Crippen LogP contribution is -2.16. The summed E-state index contributed by atoms with van der Waals surface area (Å²) in [5.74, 6) is 0.500. The molecule has 1 fully saturated rings. The lowest BCUT2D eigenvalue weighted by atomic mass is 9.84. The number of tetrazole rings is 1. The monoisotopic (exact) mass is 465 g/mol. The highest BCUT2D eigenvalue weighted by atomic mass is 32.1. The van der Waals surface area contributed by atoms with Gasteiger partial charge < -0.3 is 15.1 Å². The van der Waals surface area contributed by atoms with Crippen LogP contribution in [0.5, 0.6) is 0 Å². The zero-order chi connectivity index (χ0) is 23.2. The predicted molar refractivity (Wildman–Crippen MR) is 128 cm³/mol. The molecule has 2 heterocycles. The van der Waals surface area contributed by atoms with Crippen molar-refractivity contribution in [2.45, 2.75) is 82.0 Å². The number of aryl methyl sites for hydroxylation is 2. The van der Waals surface area contributed by atoms with E-state index in [1.165, 1.54) is 5.56 Å². The molecule has 3 unspecified atom stereocenters. The summed E-state index contributed by atoms with van der Waals surface area (Å²) in [6.07, 6.45) is 5.02. The van der Waals surface area contributed by atoms with Crippen molar-refractivity contribution >= 4 is 11.3 Å². The molecule has 8 heteroatoms. The molecule has 4 rings (SSSR count). The molecule has 0 aliphatic heterocycles. The summed E-state index contributed by atoms with van der Waals surface area (Å²) in [4.78, 5) is 5.89. The number of hydrogen-bond acceptors (Lipinski definition) is 6. The van der Waals surface area contributed by atoms with Gasteiger partial charge in [-0.2, -0.15) is 5.21 Å². The van der Waals surface area contributed by atoms with Crippen molar-refractivity contribution in [1.29, 1.82) is 0 Å². The predicted octanol–water partition coefficient (Wildman–Crippen LogP) is 4.58. The average Bonchev–Trinajstić information content (AvgIpc) is 3.58. The van der Waals surface area contributed by atoms with Gasteiger partial charge in [-0.05, 0) is 36.1 Å². The number of thiophene rings is 1. The van der Waals surface area contributed by atoms with Gasteiger partial charge in [0, 0.05) is 22.1 Å². The van der Waals surface area contributed by atoms with E-state index < -0.39 is 12.2 Å². The molecule has 1 aromatic carbocycles. The maximum absolute atomic E-state index is 10.9. The van der Waals surface area contributed by atoms with Gasteiger partial charge in [0.25, 0.3) is 0 Å². The number of aromatic amines is 1. The third kappa shape index (κ3) is 5.49. The summed E-state index contributed by atoms with van der Waals surface area (Å²) in [5.41, 5.74) is 2.26. The minimum absolute atomic E-state index is 0.0625. The van der Waals surface area contributed by atoms with E-state index in [0.717, 1.165) is 47.4 Å². The van der Waals surface area contributed by atoms with Gasteiger partial charge in [0.1, 0.15) is 0 Å². The molecule has 0 radical (unpaired) electrons. The van der Waals surface area contributed by atoms with Crippen molar-refractivity contribution in [3.8, 4) is 0 Å². The van der Waals surface area contributed by atoms with Crippen molar-refractivity contribution in [1.82, 2.24) is 20.6 Å². The number of aliphatic hydroxyl groups excluding tert-OH is 2. The van der Waals surface area contributed by atoms with Gasteiger partial charge in [0.15, 0.2) is 5.82 Å². The molecular formula is C25H31N5O2S. The van der Waals surface area contributed by atoms with Gasteiger partial charge in [0.2, 0.25) is 6.04 Å². The molecule has 1 aliphatic rings. The molecule has 33 heavy (non-hydrogen) atoms. The van der Waals surface area contributed by atoms with Crippen molar-refractivity contribution in [3.05, 3.63) is 74.5 Å². The molecule has 174 valence electrons. The van der Waals surface area contributed by atoms with Crippen LogP contribution in [0.1, 0.15) is 83.7 Å². The van der Waals surface area contributed by atoms with Crippen LogP contribution in [0.3, 0.4) is 0 Å². The highest BCUT2D eigenvalue weighted by Gasteiger charge is 2.48. The molecule has 1 saturated carbocycles. The van der Waals surface area contributed by atoms with E-state index in [2.05, 4.69) is 56.7 Å². The van der Waals surface area contributed by atoms with E-state index in [1.807, 2.05) is 12.1 Å². The lowest BCUT2D eigenvalue weighted by Gasteiger charge is -2.21. The van der Waals surface area contributed by atoms with Crippen LogP contribution < -0.4 is 0 Å². The fourth-order valence-electron chi connectivity index (χ4n) is 4.86. The van der Waals surface area contributed by atoms with E-state index in [1.54, 1.807) is 11.3 Å². The number of unbranched alkanes of at least 4 members (excludes halogenated alkanes) is 2. The average molecular weight is 466 g/mol. The first-order valence-corrected chi connectivity index (χ1v) is 12.6. The Morgan fingerprint density at radius 3 is 2.67 bits per heavy atom. The number of aliphatic hydroxyl groups is 2. The molecule has 3 aromatic rings. The van der Waals surface area contributed by atoms with Crippen LogP contribution in [-0.2, 0) is 12.8 Å². The Morgan fingerprint density at radius 2 is 1.97 bits per heavy atom. The maximum Gasteiger partial charge on any atom is 0.233 e. The molecule has 3 N–H and O–H groups in total. The lowest BCUT2D eigenvalue weighted by molar-refractivity contribution is 0.161. The molecular weight excluding hydrogens is 434 g/mol. The Bertz CT molecular complexity index is 1040. The summed E-state index contributed by atoms with van der Waals surface area (Å²) >= 11 is 1.59. The van der Waals surface area contributed by atoms with E-state index in [-0.39, 0.29) is 17.9 Å². The summed E-state index contributed by atoms with van der Waals surface area (Å²) in [5, 5.41) is 35.6. The van der Waals surface area contributed by atoms with Gasteiger partial charge in [-0.3, -0.25) is 0 Å². The van der Waals surface area contributed by atoms with E-state index in [4.69, 9.17) is 6.57 Å². The molecule has 2 aromatic heterocycles. The molecule has 5 atom stereocenters. The summed E-state index contributed by atoms with van der Waals surface area (Å²) < 4.78 is 0. The first-order chi connectivity index (χ1) is 16.1. The standard InChI is InChI=1S/C25H31N5O2S/c1-3-4-5-6-19(31)21-12-13-22(33-21)25-20(32)15-18(26-2)24(25)17-10-7-16(8-11-17)9-14-23-27-29-30-28-23/h7-8,10-13,18-20,24-25,31-32H,3-6,9,14-15H2,1H3,(H,27,28,29,30)/t18-,19?,20-,24?,25?/m1/s1. The minimum atomic E-state index is -0.559. The Balaban J connectivity index is 1.50. The number of rotatable bonds is 10. The van der Waals surface area contributed by atoms with Crippen LogP contribution in [0.25, 0.3) is 4.85 Å². The van der Waals surface area contributed by atoms with Gasteiger partial charge in [-0.1, -0.05) is 55.7 Å². The second kappa shape index (κ2) is 11.0. The summed E-state index contributed by atoms with van der Waals surface area (Å²) in [6, 6.07) is 12.1. The molecule has 0 spiro atoms. The first-order valence-electron chi connectivity index (χ1n) is 11.7. The molecule has 7 nitrogen and oxygen atoms in total. The molecule has 0 saturated heterocycles. The van der Waals surface area contributed by atoms with Crippen molar-refractivity contribution in [2.75, 3.05) is 0 Å². The van der Waals surface area contributed by atoms with E-state index >= 15 is 0 Å². The number of benzene rings is 1. The Morgan fingerprint density at radius 1 is 1.15 bits per heavy atom. The van der Waals surface area contributed by atoms with Gasteiger partial charge in [-0.15, -0.1) is 21.5 Å². The van der Waals surface area contributed by atoms with Crippen LogP contribution in [0.2, 0.25) is 0 Å². The van der Waals surface area contributed by atoms with Crippen molar-refractivity contribution in [3.63, 3.8) is 0 Å². The number of nitrogens with zero attached hydrogens (tertiary/aromatic N) is 4. The van der Waals surface area contributed by atoms with Crippen LogP contribution in [0.4, 0.5) is 0 Å². The molecule has 0 amide bonds. The van der Waals surface area contributed by atoms with Crippen LogP contribution in [-0.4, -0.2) is 43.0 Å². The Kier molecular flexibility index (Phi) is 7.86. The summed E-state index contributed by atoms with van der Waals surface area (Å²) in [6.45, 7) is 9.89. The minimum Gasteiger partial charge on any atom is -0.392 e. The number of hydrogen-bond donors (Lipinski definition) is 3. The Labute approximate surface area is 198 Å². The highest BCUT2D eigenvalue weighted by Crippen LogP contribution is 2.50. The fourth-order valence-corrected chi connectivity index (χ4v) is 6.09. The maximum atomic E-state index is 10.9. The van der Waals surface area contributed by atoms with Gasteiger partial charge in [-0.25, -0.2) is 6.57 Å². The largest absolute Gasteiger partial charge is 0.392 e. The quantitative estimate of drug-likeness (QED) is 0.301. The highest BCUT2D eigenvalue weighted by molar-refractivity contribution is 7.12. The second-order valence-corrected chi connectivity index (χ2v) is 10.0. The topological polar surface area (TPSA) is 99.3 Å². The second-order valence-electron chi connectivity index (χ2n) is 8.87. The number of nitrogens with one attached hydrogen (secondary N) is 1. The van der Waals surface area contributed by atoms with Crippen LogP contribution in [0, 0.1) is 6.57 Å². The normalized spacial score (nSPS) is 23.5. The third-order valence-corrected chi connectivity index (χ3v) is 7.93. The first kappa shape index (κ1) is 23.6. The fraction of sp³-hybridized carbons (Fsp3) is 0.520. The number of H-pyrrole nitrogens is 1. The molecule has 0 bridgehead atoms.